The standard InChI is InChI=1S/C19H28N2O5/c1-19(2,3)26-17(22)20-15-12-21(11-10-16(15)24-4)18(23)25-13-14-8-6-5-7-9-14/h5-9,15-16H,10-13H2,1-4H3,(H,20,22)/t15-,16-/m1/s1. The zero-order valence-electron chi connectivity index (χ0n) is 15.9. The van der Waals surface area contributed by atoms with Gasteiger partial charge in [-0.3, -0.25) is 0 Å². The molecule has 0 aromatic heterocycles. The molecule has 1 aromatic carbocycles. The van der Waals surface area contributed by atoms with Gasteiger partial charge in [-0.1, -0.05) is 30.3 Å². The van der Waals surface area contributed by atoms with Gasteiger partial charge in [0.1, 0.15) is 12.2 Å². The number of nitrogens with one attached hydrogen (secondary N) is 1. The van der Waals surface area contributed by atoms with E-state index < -0.39 is 17.8 Å². The molecule has 0 unspecified atom stereocenters. The molecule has 7 heteroatoms. The first-order valence-corrected chi connectivity index (χ1v) is 8.76. The Morgan fingerprint density at radius 1 is 1.23 bits per heavy atom. The van der Waals surface area contributed by atoms with E-state index in [9.17, 15) is 9.59 Å². The fourth-order valence-corrected chi connectivity index (χ4v) is 2.79. The van der Waals surface area contributed by atoms with Gasteiger partial charge in [0.15, 0.2) is 0 Å². The second-order valence-corrected chi connectivity index (χ2v) is 7.30. The first kappa shape index (κ1) is 20.0. The number of hydrogen-bond donors (Lipinski definition) is 1. The van der Waals surface area contributed by atoms with Crippen LogP contribution in [0.3, 0.4) is 0 Å². The van der Waals surface area contributed by atoms with Crippen molar-refractivity contribution < 1.29 is 23.8 Å². The summed E-state index contributed by atoms with van der Waals surface area (Å²) in [6, 6.07) is 9.15. The van der Waals surface area contributed by atoms with E-state index >= 15 is 0 Å². The van der Waals surface area contributed by atoms with Crippen LogP contribution in [0, 0.1) is 0 Å². The lowest BCUT2D eigenvalue weighted by atomic mass is 10.0. The van der Waals surface area contributed by atoms with Gasteiger partial charge in [-0.05, 0) is 32.8 Å². The zero-order chi connectivity index (χ0) is 19.2. The Morgan fingerprint density at radius 3 is 2.54 bits per heavy atom. The van der Waals surface area contributed by atoms with Crippen LogP contribution in [0.25, 0.3) is 0 Å². The topological polar surface area (TPSA) is 77.1 Å². The minimum absolute atomic E-state index is 0.180. The molecular weight excluding hydrogens is 336 g/mol. The van der Waals surface area contributed by atoms with Crippen LogP contribution in [-0.4, -0.2) is 55.0 Å². The minimum atomic E-state index is -0.588. The molecule has 144 valence electrons. The number of likely N-dealkylation sites (tertiary alicyclic amines) is 1. The third-order valence-corrected chi connectivity index (χ3v) is 4.02. The van der Waals surface area contributed by atoms with Crippen molar-refractivity contribution in [2.45, 2.75) is 51.5 Å². The molecule has 1 aliphatic heterocycles. The molecule has 0 bridgehead atoms. The average Bonchev–Trinajstić information content (AvgIpc) is 2.58. The van der Waals surface area contributed by atoms with E-state index in [4.69, 9.17) is 14.2 Å². The second-order valence-electron chi connectivity index (χ2n) is 7.30. The lowest BCUT2D eigenvalue weighted by Crippen LogP contribution is -2.57. The molecule has 26 heavy (non-hydrogen) atoms. The van der Waals surface area contributed by atoms with Crippen LogP contribution in [0.15, 0.2) is 30.3 Å². The van der Waals surface area contributed by atoms with Gasteiger partial charge in [0.2, 0.25) is 0 Å². The van der Waals surface area contributed by atoms with Crippen molar-refractivity contribution in [1.82, 2.24) is 10.2 Å². The van der Waals surface area contributed by atoms with Crippen LogP contribution >= 0.6 is 0 Å². The summed E-state index contributed by atoms with van der Waals surface area (Å²) in [7, 11) is 1.60. The summed E-state index contributed by atoms with van der Waals surface area (Å²) in [5.41, 5.74) is 0.339. The Hall–Kier alpha value is -2.28. The summed E-state index contributed by atoms with van der Waals surface area (Å²) < 4.78 is 16.1. The normalized spacial score (nSPS) is 20.4. The molecule has 1 aliphatic rings. The van der Waals surface area contributed by atoms with E-state index in [1.54, 1.807) is 32.8 Å². The lowest BCUT2D eigenvalue weighted by molar-refractivity contribution is -0.000637. The predicted molar refractivity (Wildman–Crippen MR) is 96.8 cm³/mol. The number of piperidine rings is 1. The maximum absolute atomic E-state index is 12.3. The highest BCUT2D eigenvalue weighted by atomic mass is 16.6. The summed E-state index contributed by atoms with van der Waals surface area (Å²) in [5, 5.41) is 2.80. The van der Waals surface area contributed by atoms with Crippen molar-refractivity contribution in [2.24, 2.45) is 0 Å². The Kier molecular flexibility index (Phi) is 6.85. The molecular formula is C19H28N2O5. The summed E-state index contributed by atoms with van der Waals surface area (Å²) >= 11 is 0. The SMILES string of the molecule is CO[C@@H]1CCN(C(=O)OCc2ccccc2)C[C@H]1NC(=O)OC(C)(C)C. The highest BCUT2D eigenvalue weighted by Gasteiger charge is 2.34. The quantitative estimate of drug-likeness (QED) is 0.889. The van der Waals surface area contributed by atoms with E-state index in [2.05, 4.69) is 5.32 Å². The number of carbonyl (C=O) groups is 2. The first-order valence-electron chi connectivity index (χ1n) is 8.76. The van der Waals surface area contributed by atoms with Gasteiger partial charge in [-0.25, -0.2) is 9.59 Å². The van der Waals surface area contributed by atoms with E-state index in [0.717, 1.165) is 5.56 Å². The number of alkyl carbamates (subject to hydrolysis) is 1. The maximum atomic E-state index is 12.3. The van der Waals surface area contributed by atoms with E-state index in [1.165, 1.54) is 0 Å². The minimum Gasteiger partial charge on any atom is -0.445 e. The van der Waals surface area contributed by atoms with Crippen LogP contribution in [-0.2, 0) is 20.8 Å². The lowest BCUT2D eigenvalue weighted by Gasteiger charge is -2.37. The number of rotatable bonds is 4. The largest absolute Gasteiger partial charge is 0.445 e. The van der Waals surface area contributed by atoms with Gasteiger partial charge in [0, 0.05) is 20.2 Å². The number of carbonyl (C=O) groups excluding carboxylic acids is 2. The smallest absolute Gasteiger partial charge is 0.410 e. The van der Waals surface area contributed by atoms with Crippen LogP contribution < -0.4 is 5.32 Å². The third kappa shape index (κ3) is 6.22. The Morgan fingerprint density at radius 2 is 1.92 bits per heavy atom. The molecule has 2 rings (SSSR count). The summed E-state index contributed by atoms with van der Waals surface area (Å²) in [4.78, 5) is 26.0. The molecule has 0 aliphatic carbocycles. The van der Waals surface area contributed by atoms with Crippen molar-refractivity contribution in [3.63, 3.8) is 0 Å². The zero-order valence-corrected chi connectivity index (χ0v) is 15.9. The first-order chi connectivity index (χ1) is 12.3. The van der Waals surface area contributed by atoms with E-state index in [1.807, 2.05) is 30.3 Å². The van der Waals surface area contributed by atoms with Crippen LogP contribution in [0.2, 0.25) is 0 Å². The fourth-order valence-electron chi connectivity index (χ4n) is 2.79. The molecule has 0 spiro atoms. The summed E-state index contributed by atoms with van der Waals surface area (Å²) in [5.74, 6) is 0. The number of benzene rings is 1. The maximum Gasteiger partial charge on any atom is 0.410 e. The van der Waals surface area contributed by atoms with Gasteiger partial charge < -0.3 is 24.4 Å². The van der Waals surface area contributed by atoms with E-state index in [0.29, 0.717) is 19.5 Å². The number of nitrogens with zero attached hydrogens (tertiary/aromatic N) is 1. The molecule has 1 N–H and O–H groups in total. The molecule has 2 amide bonds. The van der Waals surface area contributed by atoms with Crippen molar-refractivity contribution in [1.29, 1.82) is 0 Å². The molecule has 0 radical (unpaired) electrons. The van der Waals surface area contributed by atoms with Gasteiger partial charge in [-0.15, -0.1) is 0 Å². The fraction of sp³-hybridized carbons (Fsp3) is 0.579. The van der Waals surface area contributed by atoms with Gasteiger partial charge >= 0.3 is 12.2 Å². The molecule has 2 atom stereocenters. The van der Waals surface area contributed by atoms with Crippen molar-refractivity contribution in [3.8, 4) is 0 Å². The highest BCUT2D eigenvalue weighted by molar-refractivity contribution is 5.70. The van der Waals surface area contributed by atoms with E-state index in [-0.39, 0.29) is 18.8 Å². The highest BCUT2D eigenvalue weighted by Crippen LogP contribution is 2.17. The molecule has 0 saturated carbocycles. The monoisotopic (exact) mass is 364 g/mol. The molecule has 1 heterocycles. The average molecular weight is 364 g/mol. The number of amides is 2. The molecule has 1 saturated heterocycles. The Bertz CT molecular complexity index is 600. The summed E-state index contributed by atoms with van der Waals surface area (Å²) in [6.07, 6.45) is -0.499. The summed E-state index contributed by atoms with van der Waals surface area (Å²) in [6.45, 7) is 6.44. The van der Waals surface area contributed by atoms with Gasteiger partial charge in [0.25, 0.3) is 0 Å². The number of methoxy groups -OCH3 is 1. The van der Waals surface area contributed by atoms with Gasteiger partial charge in [-0.2, -0.15) is 0 Å². The van der Waals surface area contributed by atoms with Crippen molar-refractivity contribution in [2.75, 3.05) is 20.2 Å². The predicted octanol–water partition coefficient (Wildman–Crippen LogP) is 2.94. The Balaban J connectivity index is 1.90. The van der Waals surface area contributed by atoms with Crippen molar-refractivity contribution >= 4 is 12.2 Å². The molecule has 1 aromatic rings. The third-order valence-electron chi connectivity index (χ3n) is 4.02. The van der Waals surface area contributed by atoms with Crippen LogP contribution in [0.4, 0.5) is 9.59 Å². The number of hydrogen-bond acceptors (Lipinski definition) is 5. The van der Waals surface area contributed by atoms with Gasteiger partial charge in [0.05, 0.1) is 12.1 Å². The van der Waals surface area contributed by atoms with Crippen molar-refractivity contribution in [3.05, 3.63) is 35.9 Å². The molecule has 7 nitrogen and oxygen atoms in total. The Labute approximate surface area is 154 Å². The molecule has 1 fully saturated rings. The van der Waals surface area contributed by atoms with Crippen LogP contribution in [0.5, 0.6) is 0 Å². The van der Waals surface area contributed by atoms with Crippen LogP contribution in [0.1, 0.15) is 32.8 Å². The second kappa shape index (κ2) is 8.89. The number of ether oxygens (including phenoxy) is 3.